The second-order valence-corrected chi connectivity index (χ2v) is 5.67. The molecule has 1 atom stereocenters. The second-order valence-electron chi connectivity index (χ2n) is 5.67. The van der Waals surface area contributed by atoms with E-state index >= 15 is 0 Å². The third-order valence-electron chi connectivity index (χ3n) is 4.38. The average Bonchev–Trinajstić information content (AvgIpc) is 2.33. The minimum Gasteiger partial charge on any atom is -0.313 e. The van der Waals surface area contributed by atoms with Crippen LogP contribution in [0.3, 0.4) is 0 Å². The van der Waals surface area contributed by atoms with Gasteiger partial charge in [-0.15, -0.1) is 0 Å². The number of likely N-dealkylation sites (tertiary alicyclic amines) is 1. The lowest BCUT2D eigenvalue weighted by Crippen LogP contribution is -2.43. The van der Waals surface area contributed by atoms with Gasteiger partial charge in [0, 0.05) is 25.2 Å². The molecule has 2 rings (SSSR count). The molecule has 0 bridgehead atoms. The molecule has 0 aromatic carbocycles. The van der Waals surface area contributed by atoms with E-state index in [0.717, 1.165) is 12.1 Å². The highest BCUT2D eigenvalue weighted by Gasteiger charge is 2.18. The van der Waals surface area contributed by atoms with E-state index in [1.807, 2.05) is 0 Å². The van der Waals surface area contributed by atoms with E-state index < -0.39 is 0 Å². The van der Waals surface area contributed by atoms with Crippen LogP contribution >= 0.6 is 0 Å². The first-order valence-electron chi connectivity index (χ1n) is 7.33. The van der Waals surface area contributed by atoms with E-state index in [0.29, 0.717) is 0 Å². The maximum Gasteiger partial charge on any atom is 0.0110 e. The first kappa shape index (κ1) is 12.4. The van der Waals surface area contributed by atoms with Crippen molar-refractivity contribution in [2.75, 3.05) is 19.6 Å². The molecular formula is C14H28N2. The molecule has 2 fully saturated rings. The standard InChI is InChI=1S/C14H28N2/c1-13-7-5-6-11-16(13)12-10-15-14-8-3-2-4-9-14/h13-15H,2-12H2,1H3. The van der Waals surface area contributed by atoms with Crippen LogP contribution in [0, 0.1) is 0 Å². The van der Waals surface area contributed by atoms with Crippen molar-refractivity contribution in [3.05, 3.63) is 0 Å². The molecule has 1 saturated carbocycles. The lowest BCUT2D eigenvalue weighted by atomic mass is 9.95. The first-order valence-corrected chi connectivity index (χ1v) is 7.33. The summed E-state index contributed by atoms with van der Waals surface area (Å²) in [5, 5.41) is 3.75. The maximum absolute atomic E-state index is 3.75. The number of nitrogens with one attached hydrogen (secondary N) is 1. The molecule has 94 valence electrons. The summed E-state index contributed by atoms with van der Waals surface area (Å²) in [5.41, 5.74) is 0. The van der Waals surface area contributed by atoms with Crippen molar-refractivity contribution in [2.24, 2.45) is 0 Å². The van der Waals surface area contributed by atoms with Gasteiger partial charge < -0.3 is 5.32 Å². The van der Waals surface area contributed by atoms with Crippen LogP contribution in [-0.4, -0.2) is 36.6 Å². The largest absolute Gasteiger partial charge is 0.313 e. The summed E-state index contributed by atoms with van der Waals surface area (Å²) in [7, 11) is 0. The third kappa shape index (κ3) is 3.74. The van der Waals surface area contributed by atoms with Crippen LogP contribution < -0.4 is 5.32 Å². The second kappa shape index (κ2) is 6.61. The molecule has 0 amide bonds. The van der Waals surface area contributed by atoms with Crippen LogP contribution in [0.15, 0.2) is 0 Å². The SMILES string of the molecule is CC1CCCCN1CCNC1CCCCC1. The Labute approximate surface area is 101 Å². The minimum absolute atomic E-state index is 0.821. The van der Waals surface area contributed by atoms with Gasteiger partial charge in [0.25, 0.3) is 0 Å². The Hall–Kier alpha value is -0.0800. The van der Waals surface area contributed by atoms with Gasteiger partial charge in [-0.25, -0.2) is 0 Å². The van der Waals surface area contributed by atoms with E-state index in [1.54, 1.807) is 0 Å². The van der Waals surface area contributed by atoms with Crippen molar-refractivity contribution in [1.29, 1.82) is 0 Å². The minimum atomic E-state index is 0.821. The zero-order valence-corrected chi connectivity index (χ0v) is 10.9. The zero-order chi connectivity index (χ0) is 11.2. The predicted molar refractivity (Wildman–Crippen MR) is 69.8 cm³/mol. The molecule has 1 aliphatic heterocycles. The van der Waals surface area contributed by atoms with Gasteiger partial charge >= 0.3 is 0 Å². The van der Waals surface area contributed by atoms with Crippen LogP contribution in [0.5, 0.6) is 0 Å². The number of nitrogens with zero attached hydrogens (tertiary/aromatic N) is 1. The monoisotopic (exact) mass is 224 g/mol. The Balaban J connectivity index is 1.59. The predicted octanol–water partition coefficient (Wildman–Crippen LogP) is 2.78. The van der Waals surface area contributed by atoms with E-state index in [2.05, 4.69) is 17.1 Å². The Morgan fingerprint density at radius 3 is 2.50 bits per heavy atom. The number of hydrogen-bond donors (Lipinski definition) is 1. The molecule has 1 saturated heterocycles. The van der Waals surface area contributed by atoms with Crippen molar-refractivity contribution in [3.8, 4) is 0 Å². The number of hydrogen-bond acceptors (Lipinski definition) is 2. The lowest BCUT2D eigenvalue weighted by Gasteiger charge is -2.34. The summed E-state index contributed by atoms with van der Waals surface area (Å²) in [6.45, 7) is 6.18. The molecular weight excluding hydrogens is 196 g/mol. The Morgan fingerprint density at radius 1 is 1.00 bits per heavy atom. The molecule has 1 aliphatic carbocycles. The summed E-state index contributed by atoms with van der Waals surface area (Å²) in [4.78, 5) is 2.67. The molecule has 2 aliphatic rings. The molecule has 0 spiro atoms. The Morgan fingerprint density at radius 2 is 1.75 bits per heavy atom. The summed E-state index contributed by atoms with van der Waals surface area (Å²) in [6, 6.07) is 1.65. The zero-order valence-electron chi connectivity index (χ0n) is 10.9. The highest BCUT2D eigenvalue weighted by atomic mass is 15.2. The van der Waals surface area contributed by atoms with E-state index in [9.17, 15) is 0 Å². The third-order valence-corrected chi connectivity index (χ3v) is 4.38. The topological polar surface area (TPSA) is 15.3 Å². The summed E-state index contributed by atoms with van der Waals surface area (Å²) < 4.78 is 0. The van der Waals surface area contributed by atoms with Gasteiger partial charge in [-0.1, -0.05) is 25.7 Å². The van der Waals surface area contributed by atoms with E-state index in [4.69, 9.17) is 0 Å². The molecule has 0 radical (unpaired) electrons. The first-order chi connectivity index (χ1) is 7.86. The molecule has 2 nitrogen and oxygen atoms in total. The van der Waals surface area contributed by atoms with Crippen molar-refractivity contribution in [2.45, 2.75) is 70.4 Å². The Bertz CT molecular complexity index is 187. The van der Waals surface area contributed by atoms with Crippen LogP contribution in [0.2, 0.25) is 0 Å². The maximum atomic E-state index is 3.75. The summed E-state index contributed by atoms with van der Waals surface area (Å²) in [6.07, 6.45) is 11.4. The summed E-state index contributed by atoms with van der Waals surface area (Å²) in [5.74, 6) is 0. The van der Waals surface area contributed by atoms with Gasteiger partial charge in [-0.05, 0) is 39.2 Å². The molecule has 0 aromatic heterocycles. The molecule has 16 heavy (non-hydrogen) atoms. The number of piperidine rings is 1. The van der Waals surface area contributed by atoms with Crippen molar-refractivity contribution >= 4 is 0 Å². The van der Waals surface area contributed by atoms with Gasteiger partial charge in [0.1, 0.15) is 0 Å². The molecule has 1 unspecified atom stereocenters. The van der Waals surface area contributed by atoms with Gasteiger partial charge in [0.05, 0.1) is 0 Å². The van der Waals surface area contributed by atoms with Gasteiger partial charge in [-0.3, -0.25) is 4.90 Å². The fraction of sp³-hybridized carbons (Fsp3) is 1.00. The van der Waals surface area contributed by atoms with Crippen LogP contribution in [0.4, 0.5) is 0 Å². The van der Waals surface area contributed by atoms with Crippen molar-refractivity contribution in [3.63, 3.8) is 0 Å². The van der Waals surface area contributed by atoms with Crippen molar-refractivity contribution in [1.82, 2.24) is 10.2 Å². The summed E-state index contributed by atoms with van der Waals surface area (Å²) >= 11 is 0. The average molecular weight is 224 g/mol. The van der Waals surface area contributed by atoms with Gasteiger partial charge in [0.15, 0.2) is 0 Å². The van der Waals surface area contributed by atoms with Crippen LogP contribution in [-0.2, 0) is 0 Å². The lowest BCUT2D eigenvalue weighted by molar-refractivity contribution is 0.158. The number of rotatable bonds is 4. The smallest absolute Gasteiger partial charge is 0.0110 e. The highest BCUT2D eigenvalue weighted by Crippen LogP contribution is 2.18. The van der Waals surface area contributed by atoms with Crippen LogP contribution in [0.25, 0.3) is 0 Å². The fourth-order valence-corrected chi connectivity index (χ4v) is 3.21. The highest BCUT2D eigenvalue weighted by molar-refractivity contribution is 4.76. The van der Waals surface area contributed by atoms with Crippen LogP contribution in [0.1, 0.15) is 58.3 Å². The molecule has 0 aromatic rings. The van der Waals surface area contributed by atoms with Gasteiger partial charge in [-0.2, -0.15) is 0 Å². The molecule has 1 heterocycles. The molecule has 1 N–H and O–H groups in total. The fourth-order valence-electron chi connectivity index (χ4n) is 3.21. The normalized spacial score (nSPS) is 29.4. The Kier molecular flexibility index (Phi) is 5.11. The van der Waals surface area contributed by atoms with E-state index in [1.165, 1.54) is 71.0 Å². The van der Waals surface area contributed by atoms with E-state index in [-0.39, 0.29) is 0 Å². The van der Waals surface area contributed by atoms with Crippen molar-refractivity contribution < 1.29 is 0 Å². The molecule has 2 heteroatoms. The van der Waals surface area contributed by atoms with Gasteiger partial charge in [0.2, 0.25) is 0 Å². The quantitative estimate of drug-likeness (QED) is 0.790.